The molecule has 2 N–H and O–H groups in total. The fourth-order valence-electron chi connectivity index (χ4n) is 3.78. The molecule has 0 spiro atoms. The Balaban J connectivity index is 1.86. The third-order valence-electron chi connectivity index (χ3n) is 4.97. The summed E-state index contributed by atoms with van der Waals surface area (Å²) in [6.45, 7) is 7.86. The number of nitrogens with zero attached hydrogens (tertiary/aromatic N) is 1. The van der Waals surface area contributed by atoms with Crippen molar-refractivity contribution >= 4 is 11.8 Å². The third-order valence-corrected chi connectivity index (χ3v) is 6.27. The van der Waals surface area contributed by atoms with Crippen LogP contribution < -0.4 is 5.73 Å². The second-order valence-electron chi connectivity index (χ2n) is 6.90. The summed E-state index contributed by atoms with van der Waals surface area (Å²) in [5, 5.41) is 0. The Hall–Kier alpha value is -0.510. The second kappa shape index (κ2) is 5.36. The van der Waals surface area contributed by atoms with Crippen molar-refractivity contribution in [1.29, 1.82) is 0 Å². The van der Waals surface area contributed by atoms with Crippen LogP contribution in [0.25, 0.3) is 0 Å². The Labute approximate surface area is 127 Å². The summed E-state index contributed by atoms with van der Waals surface area (Å²) in [6, 6.07) is 8.91. The average molecular weight is 290 g/mol. The van der Waals surface area contributed by atoms with E-state index in [4.69, 9.17) is 5.73 Å². The van der Waals surface area contributed by atoms with E-state index >= 15 is 0 Å². The fourth-order valence-corrected chi connectivity index (χ4v) is 4.89. The van der Waals surface area contributed by atoms with Crippen molar-refractivity contribution < 1.29 is 0 Å². The summed E-state index contributed by atoms with van der Waals surface area (Å²) < 4.78 is 0.359. The van der Waals surface area contributed by atoms with Gasteiger partial charge in [0.25, 0.3) is 0 Å². The van der Waals surface area contributed by atoms with E-state index < -0.39 is 0 Å². The van der Waals surface area contributed by atoms with Gasteiger partial charge >= 0.3 is 0 Å². The van der Waals surface area contributed by atoms with Crippen LogP contribution in [-0.2, 0) is 12.8 Å². The van der Waals surface area contributed by atoms with E-state index in [0.29, 0.717) is 4.75 Å². The molecule has 2 nitrogen and oxygen atoms in total. The first-order chi connectivity index (χ1) is 9.55. The van der Waals surface area contributed by atoms with E-state index in [1.54, 1.807) is 0 Å². The third kappa shape index (κ3) is 2.63. The van der Waals surface area contributed by atoms with Gasteiger partial charge in [0.2, 0.25) is 0 Å². The zero-order valence-electron chi connectivity index (χ0n) is 12.7. The Morgan fingerprint density at radius 2 is 2.00 bits per heavy atom. The van der Waals surface area contributed by atoms with Crippen LogP contribution in [0.2, 0.25) is 0 Å². The van der Waals surface area contributed by atoms with E-state index in [2.05, 4.69) is 54.8 Å². The molecule has 20 heavy (non-hydrogen) atoms. The molecule has 0 aromatic heterocycles. The molecule has 1 saturated heterocycles. The SMILES string of the molecule is CC1(C)CN(C2(CN)CCc3ccccc3C2)CCS1. The summed E-state index contributed by atoms with van der Waals surface area (Å²) in [6.07, 6.45) is 3.51. The second-order valence-corrected chi connectivity index (χ2v) is 8.71. The topological polar surface area (TPSA) is 29.3 Å². The van der Waals surface area contributed by atoms with Crippen LogP contribution in [0.1, 0.15) is 31.4 Å². The maximum atomic E-state index is 6.27. The van der Waals surface area contributed by atoms with Crippen molar-refractivity contribution in [3.8, 4) is 0 Å². The largest absolute Gasteiger partial charge is 0.329 e. The van der Waals surface area contributed by atoms with Crippen LogP contribution >= 0.6 is 11.8 Å². The first kappa shape index (κ1) is 14.4. The lowest BCUT2D eigenvalue weighted by Gasteiger charge is -2.51. The van der Waals surface area contributed by atoms with Crippen molar-refractivity contribution in [3.05, 3.63) is 35.4 Å². The number of nitrogens with two attached hydrogens (primary N) is 1. The van der Waals surface area contributed by atoms with Gasteiger partial charge in [-0.05, 0) is 44.2 Å². The van der Waals surface area contributed by atoms with E-state index in [1.807, 2.05) is 0 Å². The van der Waals surface area contributed by atoms with Gasteiger partial charge in [0.1, 0.15) is 0 Å². The molecular weight excluding hydrogens is 264 g/mol. The minimum absolute atomic E-state index is 0.187. The minimum atomic E-state index is 0.187. The van der Waals surface area contributed by atoms with Crippen molar-refractivity contribution in [2.45, 2.75) is 43.4 Å². The molecule has 0 saturated carbocycles. The van der Waals surface area contributed by atoms with Crippen molar-refractivity contribution in [2.75, 3.05) is 25.4 Å². The molecule has 1 unspecified atom stereocenters. The quantitative estimate of drug-likeness (QED) is 0.908. The standard InChI is InChI=1S/C17H26N2S/c1-16(2)13-19(9-10-20-16)17(12-18)8-7-14-5-3-4-6-15(14)11-17/h3-6H,7-13,18H2,1-2H3. The van der Waals surface area contributed by atoms with E-state index in [1.165, 1.54) is 36.3 Å². The maximum Gasteiger partial charge on any atom is 0.0376 e. The molecule has 1 aromatic rings. The number of aryl methyl sites for hydroxylation is 1. The molecule has 110 valence electrons. The van der Waals surface area contributed by atoms with Gasteiger partial charge in [-0.1, -0.05) is 24.3 Å². The van der Waals surface area contributed by atoms with Crippen molar-refractivity contribution in [1.82, 2.24) is 4.90 Å². The molecule has 2 aliphatic rings. The van der Waals surface area contributed by atoms with Crippen molar-refractivity contribution in [3.63, 3.8) is 0 Å². The molecule has 3 rings (SSSR count). The van der Waals surface area contributed by atoms with Crippen LogP contribution in [0.15, 0.2) is 24.3 Å². The van der Waals surface area contributed by atoms with Gasteiger partial charge in [0.15, 0.2) is 0 Å². The lowest BCUT2D eigenvalue weighted by molar-refractivity contribution is 0.0741. The van der Waals surface area contributed by atoms with Crippen LogP contribution in [0.5, 0.6) is 0 Å². The van der Waals surface area contributed by atoms with Crippen LogP contribution in [0.4, 0.5) is 0 Å². The van der Waals surface area contributed by atoms with Gasteiger partial charge in [0, 0.05) is 35.7 Å². The molecule has 0 bridgehead atoms. The van der Waals surface area contributed by atoms with Crippen LogP contribution in [0.3, 0.4) is 0 Å². The molecule has 1 aliphatic heterocycles. The molecule has 1 atom stereocenters. The number of fused-ring (bicyclic) bond motifs is 1. The molecule has 3 heteroatoms. The fraction of sp³-hybridized carbons (Fsp3) is 0.647. The first-order valence-electron chi connectivity index (χ1n) is 7.71. The number of hydrogen-bond donors (Lipinski definition) is 1. The van der Waals surface area contributed by atoms with Gasteiger partial charge < -0.3 is 5.73 Å². The highest BCUT2D eigenvalue weighted by atomic mass is 32.2. The first-order valence-corrected chi connectivity index (χ1v) is 8.69. The summed E-state index contributed by atoms with van der Waals surface area (Å²) in [4.78, 5) is 2.69. The molecule has 1 aliphatic carbocycles. The monoisotopic (exact) mass is 290 g/mol. The lowest BCUT2D eigenvalue weighted by atomic mass is 9.76. The zero-order chi connectivity index (χ0) is 14.2. The summed E-state index contributed by atoms with van der Waals surface area (Å²) in [5.41, 5.74) is 9.50. The van der Waals surface area contributed by atoms with Gasteiger partial charge in [0.05, 0.1) is 0 Å². The van der Waals surface area contributed by atoms with E-state index in [9.17, 15) is 0 Å². The maximum absolute atomic E-state index is 6.27. The minimum Gasteiger partial charge on any atom is -0.329 e. The predicted molar refractivity (Wildman–Crippen MR) is 88.4 cm³/mol. The Bertz CT molecular complexity index is 486. The number of rotatable bonds is 2. The van der Waals surface area contributed by atoms with Crippen molar-refractivity contribution in [2.24, 2.45) is 5.73 Å². The number of benzene rings is 1. The summed E-state index contributed by atoms with van der Waals surface area (Å²) in [7, 11) is 0. The summed E-state index contributed by atoms with van der Waals surface area (Å²) in [5.74, 6) is 1.23. The zero-order valence-corrected chi connectivity index (χ0v) is 13.5. The molecule has 0 radical (unpaired) electrons. The Kier molecular flexibility index (Phi) is 3.87. The lowest BCUT2D eigenvalue weighted by Crippen LogP contribution is -2.61. The number of thioether (sulfide) groups is 1. The van der Waals surface area contributed by atoms with Crippen LogP contribution in [-0.4, -0.2) is 40.6 Å². The summed E-state index contributed by atoms with van der Waals surface area (Å²) >= 11 is 2.10. The van der Waals surface area contributed by atoms with E-state index in [0.717, 1.165) is 19.5 Å². The predicted octanol–water partition coefficient (Wildman–Crippen LogP) is 2.70. The molecular formula is C17H26N2S. The Morgan fingerprint density at radius 1 is 1.25 bits per heavy atom. The average Bonchev–Trinajstić information content (AvgIpc) is 2.45. The molecule has 1 heterocycles. The molecule has 1 fully saturated rings. The van der Waals surface area contributed by atoms with Crippen LogP contribution in [0, 0.1) is 0 Å². The normalized spacial score (nSPS) is 29.9. The molecule has 1 aromatic carbocycles. The smallest absolute Gasteiger partial charge is 0.0376 e. The van der Waals surface area contributed by atoms with Gasteiger partial charge in [-0.15, -0.1) is 0 Å². The highest BCUT2D eigenvalue weighted by molar-refractivity contribution is 8.00. The van der Waals surface area contributed by atoms with Gasteiger partial charge in [-0.3, -0.25) is 4.90 Å². The van der Waals surface area contributed by atoms with Gasteiger partial charge in [-0.25, -0.2) is 0 Å². The van der Waals surface area contributed by atoms with Gasteiger partial charge in [-0.2, -0.15) is 11.8 Å². The highest BCUT2D eigenvalue weighted by Crippen LogP contribution is 2.38. The number of hydrogen-bond acceptors (Lipinski definition) is 3. The Morgan fingerprint density at radius 3 is 2.70 bits per heavy atom. The molecule has 0 amide bonds. The highest BCUT2D eigenvalue weighted by Gasteiger charge is 2.42. The van der Waals surface area contributed by atoms with E-state index in [-0.39, 0.29) is 5.54 Å².